The molecule has 1 aliphatic rings. The van der Waals surface area contributed by atoms with E-state index >= 15 is 0 Å². The Morgan fingerprint density at radius 3 is 3.09 bits per heavy atom. The van der Waals surface area contributed by atoms with Crippen molar-refractivity contribution in [1.82, 2.24) is 4.98 Å². The van der Waals surface area contributed by atoms with E-state index in [4.69, 9.17) is 0 Å². The van der Waals surface area contributed by atoms with Gasteiger partial charge in [-0.2, -0.15) is 0 Å². The van der Waals surface area contributed by atoms with Crippen molar-refractivity contribution in [3.63, 3.8) is 0 Å². The normalized spacial score (nSPS) is 15.1. The second kappa shape index (κ2) is 4.96. The molecule has 108 valence electrons. The molecule has 1 amide bonds. The van der Waals surface area contributed by atoms with Gasteiger partial charge < -0.3 is 10.6 Å². The Kier molecular flexibility index (Phi) is 2.94. The second-order valence-electron chi connectivity index (χ2n) is 5.19. The average Bonchev–Trinajstić information content (AvgIpc) is 3.09. The van der Waals surface area contributed by atoms with Crippen molar-refractivity contribution in [1.29, 1.82) is 0 Å². The van der Waals surface area contributed by atoms with Crippen LogP contribution >= 0.6 is 11.3 Å². The van der Waals surface area contributed by atoms with Gasteiger partial charge in [0.25, 0.3) is 5.91 Å². The van der Waals surface area contributed by atoms with Crippen LogP contribution in [0.3, 0.4) is 0 Å². The molecule has 3 aromatic rings. The standard InChI is InChI=1S/C17H13N3OS/c1-10-3-2-4-14-16(10)12(17(21)20-14)8-18-11-5-6-13-15(7-11)22-9-19-13/h2-9,18H,1H3,(H,20,21)/b12-8+. The lowest BCUT2D eigenvalue weighted by molar-refractivity contribution is -0.110. The first-order chi connectivity index (χ1) is 10.7. The Morgan fingerprint density at radius 1 is 1.27 bits per heavy atom. The minimum atomic E-state index is -0.0735. The number of fused-ring (bicyclic) bond motifs is 2. The summed E-state index contributed by atoms with van der Waals surface area (Å²) in [5.41, 5.74) is 7.35. The first kappa shape index (κ1) is 13.0. The molecule has 0 saturated carbocycles. The maximum absolute atomic E-state index is 12.1. The zero-order valence-corrected chi connectivity index (χ0v) is 12.7. The summed E-state index contributed by atoms with van der Waals surface area (Å²) in [6.45, 7) is 2.01. The zero-order chi connectivity index (χ0) is 15.1. The highest BCUT2D eigenvalue weighted by atomic mass is 32.1. The highest BCUT2D eigenvalue weighted by Gasteiger charge is 2.25. The number of amides is 1. The number of benzene rings is 2. The lowest BCUT2D eigenvalue weighted by atomic mass is 10.0. The SMILES string of the molecule is Cc1cccc2c1/C(=C\Nc1ccc3ncsc3c1)C(=O)N2. The van der Waals surface area contributed by atoms with Gasteiger partial charge in [-0.1, -0.05) is 12.1 Å². The molecule has 0 bridgehead atoms. The minimum Gasteiger partial charge on any atom is -0.361 e. The smallest absolute Gasteiger partial charge is 0.257 e. The molecule has 0 saturated heterocycles. The molecule has 0 spiro atoms. The summed E-state index contributed by atoms with van der Waals surface area (Å²) in [6, 6.07) is 11.9. The third-order valence-corrected chi connectivity index (χ3v) is 4.54. The molecule has 0 fully saturated rings. The van der Waals surface area contributed by atoms with Gasteiger partial charge in [-0.25, -0.2) is 4.98 Å². The molecule has 22 heavy (non-hydrogen) atoms. The van der Waals surface area contributed by atoms with E-state index in [1.807, 2.05) is 48.8 Å². The van der Waals surface area contributed by atoms with Gasteiger partial charge in [-0.05, 0) is 36.8 Å². The lowest BCUT2D eigenvalue weighted by Gasteiger charge is -2.05. The van der Waals surface area contributed by atoms with Crippen molar-refractivity contribution >= 4 is 44.4 Å². The second-order valence-corrected chi connectivity index (χ2v) is 6.08. The number of nitrogens with one attached hydrogen (secondary N) is 2. The van der Waals surface area contributed by atoms with Gasteiger partial charge in [0.1, 0.15) is 0 Å². The Hall–Kier alpha value is -2.66. The van der Waals surface area contributed by atoms with Crippen LogP contribution in [0.2, 0.25) is 0 Å². The maximum atomic E-state index is 12.1. The molecule has 0 aliphatic carbocycles. The molecule has 1 aromatic heterocycles. The predicted molar refractivity (Wildman–Crippen MR) is 91.0 cm³/mol. The molecule has 4 rings (SSSR count). The van der Waals surface area contributed by atoms with E-state index < -0.39 is 0 Å². The molecule has 4 nitrogen and oxygen atoms in total. The molecule has 2 aromatic carbocycles. The fourth-order valence-electron chi connectivity index (χ4n) is 2.67. The number of hydrogen-bond donors (Lipinski definition) is 2. The quantitative estimate of drug-likeness (QED) is 0.703. The largest absolute Gasteiger partial charge is 0.361 e. The van der Waals surface area contributed by atoms with Gasteiger partial charge in [-0.3, -0.25) is 4.79 Å². The highest BCUT2D eigenvalue weighted by molar-refractivity contribution is 7.16. The van der Waals surface area contributed by atoms with Crippen LogP contribution in [0, 0.1) is 6.92 Å². The van der Waals surface area contributed by atoms with Crippen LogP contribution in [0.1, 0.15) is 11.1 Å². The molecule has 2 heterocycles. The fraction of sp³-hybridized carbons (Fsp3) is 0.0588. The topological polar surface area (TPSA) is 54.0 Å². The Morgan fingerprint density at radius 2 is 2.18 bits per heavy atom. The molecule has 0 atom stereocenters. The molecule has 0 unspecified atom stereocenters. The lowest BCUT2D eigenvalue weighted by Crippen LogP contribution is -2.05. The van der Waals surface area contributed by atoms with E-state index in [9.17, 15) is 4.79 Å². The summed E-state index contributed by atoms with van der Waals surface area (Å²) < 4.78 is 1.12. The van der Waals surface area contributed by atoms with Gasteiger partial charge >= 0.3 is 0 Å². The van der Waals surface area contributed by atoms with E-state index in [0.29, 0.717) is 5.57 Å². The zero-order valence-electron chi connectivity index (χ0n) is 11.9. The summed E-state index contributed by atoms with van der Waals surface area (Å²) in [5, 5.41) is 6.12. The Bertz CT molecular complexity index is 927. The number of nitrogens with zero attached hydrogens (tertiary/aromatic N) is 1. The van der Waals surface area contributed by atoms with Crippen LogP contribution in [-0.4, -0.2) is 10.9 Å². The number of carbonyl (C=O) groups is 1. The summed E-state index contributed by atoms with van der Waals surface area (Å²) in [6.07, 6.45) is 1.77. The number of hydrogen-bond acceptors (Lipinski definition) is 4. The number of rotatable bonds is 2. The fourth-order valence-corrected chi connectivity index (χ4v) is 3.39. The molecule has 0 radical (unpaired) electrons. The minimum absolute atomic E-state index is 0.0735. The number of thiazole rings is 1. The summed E-state index contributed by atoms with van der Waals surface area (Å²) in [5.74, 6) is -0.0735. The van der Waals surface area contributed by atoms with Gasteiger partial charge in [0.2, 0.25) is 0 Å². The van der Waals surface area contributed by atoms with Crippen molar-refractivity contribution in [3.05, 3.63) is 59.2 Å². The maximum Gasteiger partial charge on any atom is 0.257 e. The first-order valence-electron chi connectivity index (χ1n) is 6.94. The van der Waals surface area contributed by atoms with Crippen LogP contribution in [0.15, 0.2) is 48.1 Å². The van der Waals surface area contributed by atoms with Crippen LogP contribution in [-0.2, 0) is 4.79 Å². The third-order valence-electron chi connectivity index (χ3n) is 3.75. The van der Waals surface area contributed by atoms with Crippen molar-refractivity contribution < 1.29 is 4.79 Å². The predicted octanol–water partition coefficient (Wildman–Crippen LogP) is 4.01. The van der Waals surface area contributed by atoms with E-state index in [0.717, 1.165) is 32.7 Å². The van der Waals surface area contributed by atoms with Crippen LogP contribution in [0.5, 0.6) is 0 Å². The van der Waals surface area contributed by atoms with E-state index in [1.165, 1.54) is 0 Å². The van der Waals surface area contributed by atoms with Crippen molar-refractivity contribution in [2.45, 2.75) is 6.92 Å². The molecule has 2 N–H and O–H groups in total. The van der Waals surface area contributed by atoms with Gasteiger partial charge in [0.05, 0.1) is 21.3 Å². The summed E-state index contributed by atoms with van der Waals surface area (Å²) in [4.78, 5) is 16.4. The van der Waals surface area contributed by atoms with Crippen molar-refractivity contribution in [3.8, 4) is 0 Å². The monoisotopic (exact) mass is 307 g/mol. The number of aryl methyl sites for hydroxylation is 1. The van der Waals surface area contributed by atoms with Crippen LogP contribution in [0.25, 0.3) is 15.8 Å². The van der Waals surface area contributed by atoms with E-state index in [-0.39, 0.29) is 5.91 Å². The highest BCUT2D eigenvalue weighted by Crippen LogP contribution is 2.34. The Balaban J connectivity index is 1.70. The van der Waals surface area contributed by atoms with Gasteiger partial charge in [0, 0.05) is 23.1 Å². The van der Waals surface area contributed by atoms with E-state index in [1.54, 1.807) is 17.5 Å². The molecular formula is C17H13N3OS. The van der Waals surface area contributed by atoms with Crippen molar-refractivity contribution in [2.24, 2.45) is 0 Å². The third kappa shape index (κ3) is 2.07. The number of aromatic nitrogens is 1. The summed E-state index contributed by atoms with van der Waals surface area (Å²) in [7, 11) is 0. The first-order valence-corrected chi connectivity index (χ1v) is 7.81. The Labute approximate surface area is 131 Å². The van der Waals surface area contributed by atoms with Gasteiger partial charge in [-0.15, -0.1) is 11.3 Å². The summed E-state index contributed by atoms with van der Waals surface area (Å²) >= 11 is 1.60. The average molecular weight is 307 g/mol. The van der Waals surface area contributed by atoms with Crippen LogP contribution in [0.4, 0.5) is 11.4 Å². The van der Waals surface area contributed by atoms with Gasteiger partial charge in [0.15, 0.2) is 0 Å². The van der Waals surface area contributed by atoms with Crippen LogP contribution < -0.4 is 10.6 Å². The van der Waals surface area contributed by atoms with Crippen molar-refractivity contribution in [2.75, 3.05) is 10.6 Å². The number of anilines is 2. The van der Waals surface area contributed by atoms with E-state index in [2.05, 4.69) is 15.6 Å². The molecule has 5 heteroatoms. The molecular weight excluding hydrogens is 294 g/mol. The number of carbonyl (C=O) groups excluding carboxylic acids is 1. The molecule has 1 aliphatic heterocycles.